The number of rotatable bonds is 7. The number of hydrogen-bond donors (Lipinski definition) is 2. The van der Waals surface area contributed by atoms with Gasteiger partial charge in [0.25, 0.3) is 0 Å². The molecule has 0 aliphatic carbocycles. The van der Waals surface area contributed by atoms with Crippen LogP contribution in [0.2, 0.25) is 0 Å². The van der Waals surface area contributed by atoms with Crippen molar-refractivity contribution in [3.8, 4) is 5.75 Å². The van der Waals surface area contributed by atoms with Crippen molar-refractivity contribution >= 4 is 18.3 Å². The molecule has 0 radical (unpaired) electrons. The molecule has 0 spiro atoms. The van der Waals surface area contributed by atoms with Gasteiger partial charge in [0.1, 0.15) is 12.4 Å². The summed E-state index contributed by atoms with van der Waals surface area (Å²) in [5.74, 6) is 2.03. The fourth-order valence-corrected chi connectivity index (χ4v) is 2.46. The Morgan fingerprint density at radius 2 is 2.00 bits per heavy atom. The molecule has 2 rings (SSSR count). The lowest BCUT2D eigenvalue weighted by molar-refractivity contribution is -0.126. The lowest BCUT2D eigenvalue weighted by Gasteiger charge is -2.31. The number of nitrogens with one attached hydrogen (secondary N) is 2. The SMILES string of the molecule is CC(C)c1ccccc1OCCNC(=O)C(C)C1CNC1.Cl. The van der Waals surface area contributed by atoms with Gasteiger partial charge in [-0.25, -0.2) is 0 Å². The Morgan fingerprint density at radius 3 is 2.59 bits per heavy atom. The Hall–Kier alpha value is -1.26. The highest BCUT2D eigenvalue weighted by molar-refractivity contribution is 5.85. The minimum Gasteiger partial charge on any atom is -0.491 e. The number of para-hydroxylation sites is 1. The van der Waals surface area contributed by atoms with Crippen molar-refractivity contribution in [1.29, 1.82) is 0 Å². The van der Waals surface area contributed by atoms with Gasteiger partial charge >= 0.3 is 0 Å². The van der Waals surface area contributed by atoms with Gasteiger partial charge in [-0.1, -0.05) is 39.0 Å². The maximum Gasteiger partial charge on any atom is 0.223 e. The predicted octanol–water partition coefficient (Wildman–Crippen LogP) is 2.58. The largest absolute Gasteiger partial charge is 0.491 e. The monoisotopic (exact) mass is 326 g/mol. The van der Waals surface area contributed by atoms with Crippen molar-refractivity contribution in [2.45, 2.75) is 26.7 Å². The Kier molecular flexibility index (Phi) is 7.69. The molecule has 1 aliphatic rings. The van der Waals surface area contributed by atoms with Crippen LogP contribution in [0.15, 0.2) is 24.3 Å². The van der Waals surface area contributed by atoms with Crippen LogP contribution in [0.3, 0.4) is 0 Å². The molecule has 1 atom stereocenters. The summed E-state index contributed by atoms with van der Waals surface area (Å²) in [7, 11) is 0. The van der Waals surface area contributed by atoms with Crippen LogP contribution in [0.1, 0.15) is 32.3 Å². The highest BCUT2D eigenvalue weighted by Crippen LogP contribution is 2.25. The lowest BCUT2D eigenvalue weighted by Crippen LogP contribution is -2.49. The Morgan fingerprint density at radius 1 is 1.32 bits per heavy atom. The fourth-order valence-electron chi connectivity index (χ4n) is 2.46. The molecule has 5 heteroatoms. The molecule has 1 unspecified atom stereocenters. The Balaban J connectivity index is 0.00000242. The smallest absolute Gasteiger partial charge is 0.223 e. The summed E-state index contributed by atoms with van der Waals surface area (Å²) in [5, 5.41) is 6.16. The van der Waals surface area contributed by atoms with E-state index in [4.69, 9.17) is 4.74 Å². The molecule has 0 aromatic heterocycles. The van der Waals surface area contributed by atoms with Gasteiger partial charge in [-0.3, -0.25) is 4.79 Å². The highest BCUT2D eigenvalue weighted by atomic mass is 35.5. The molecular weight excluding hydrogens is 300 g/mol. The number of amides is 1. The molecule has 1 saturated heterocycles. The number of halogens is 1. The molecule has 22 heavy (non-hydrogen) atoms. The maximum absolute atomic E-state index is 12.0. The lowest BCUT2D eigenvalue weighted by atomic mass is 9.88. The molecular formula is C17H27ClN2O2. The van der Waals surface area contributed by atoms with E-state index in [1.807, 2.05) is 25.1 Å². The quantitative estimate of drug-likeness (QED) is 0.757. The van der Waals surface area contributed by atoms with E-state index in [1.165, 1.54) is 5.56 Å². The molecule has 1 aliphatic heterocycles. The van der Waals surface area contributed by atoms with Gasteiger partial charge in [0.15, 0.2) is 0 Å². The van der Waals surface area contributed by atoms with Crippen molar-refractivity contribution in [3.63, 3.8) is 0 Å². The second-order valence-electron chi connectivity index (χ2n) is 6.04. The van der Waals surface area contributed by atoms with Gasteiger partial charge in [-0.15, -0.1) is 12.4 Å². The van der Waals surface area contributed by atoms with Gasteiger partial charge in [-0.05, 0) is 36.6 Å². The van der Waals surface area contributed by atoms with Crippen LogP contribution < -0.4 is 15.4 Å². The summed E-state index contributed by atoms with van der Waals surface area (Å²) >= 11 is 0. The van der Waals surface area contributed by atoms with Crippen LogP contribution in [0.4, 0.5) is 0 Å². The number of benzene rings is 1. The van der Waals surface area contributed by atoms with Gasteiger partial charge in [0.05, 0.1) is 6.54 Å². The second-order valence-corrected chi connectivity index (χ2v) is 6.04. The zero-order chi connectivity index (χ0) is 15.2. The predicted molar refractivity (Wildman–Crippen MR) is 91.8 cm³/mol. The first kappa shape index (κ1) is 18.8. The third-order valence-electron chi connectivity index (χ3n) is 4.13. The first-order valence-corrected chi connectivity index (χ1v) is 7.79. The van der Waals surface area contributed by atoms with E-state index in [9.17, 15) is 4.79 Å². The second kappa shape index (κ2) is 9.01. The van der Waals surface area contributed by atoms with Crippen LogP contribution in [0, 0.1) is 11.8 Å². The molecule has 124 valence electrons. The normalized spacial score (nSPS) is 15.6. The molecule has 0 saturated carbocycles. The van der Waals surface area contributed by atoms with E-state index in [0.717, 1.165) is 18.8 Å². The fraction of sp³-hybridized carbons (Fsp3) is 0.588. The van der Waals surface area contributed by atoms with Crippen LogP contribution >= 0.6 is 12.4 Å². The summed E-state index contributed by atoms with van der Waals surface area (Å²) in [5.41, 5.74) is 1.21. The summed E-state index contributed by atoms with van der Waals surface area (Å²) in [6, 6.07) is 8.08. The molecule has 0 bridgehead atoms. The summed E-state index contributed by atoms with van der Waals surface area (Å²) in [4.78, 5) is 12.0. The van der Waals surface area contributed by atoms with Crippen LogP contribution in [-0.4, -0.2) is 32.1 Å². The van der Waals surface area contributed by atoms with Crippen molar-refractivity contribution in [2.24, 2.45) is 11.8 Å². The third-order valence-corrected chi connectivity index (χ3v) is 4.13. The summed E-state index contributed by atoms with van der Waals surface area (Å²) in [6.07, 6.45) is 0. The van der Waals surface area contributed by atoms with Crippen molar-refractivity contribution in [3.05, 3.63) is 29.8 Å². The number of hydrogen-bond acceptors (Lipinski definition) is 3. The summed E-state index contributed by atoms with van der Waals surface area (Å²) in [6.45, 7) is 9.26. The van der Waals surface area contributed by atoms with E-state index in [1.54, 1.807) is 0 Å². The van der Waals surface area contributed by atoms with Crippen LogP contribution in [-0.2, 0) is 4.79 Å². The average Bonchev–Trinajstić information content (AvgIpc) is 2.41. The highest BCUT2D eigenvalue weighted by Gasteiger charge is 2.28. The van der Waals surface area contributed by atoms with Gasteiger partial charge in [-0.2, -0.15) is 0 Å². The number of carbonyl (C=O) groups excluding carboxylic acids is 1. The van der Waals surface area contributed by atoms with E-state index >= 15 is 0 Å². The van der Waals surface area contributed by atoms with Crippen molar-refractivity contribution in [2.75, 3.05) is 26.2 Å². The van der Waals surface area contributed by atoms with Crippen molar-refractivity contribution in [1.82, 2.24) is 10.6 Å². The first-order chi connectivity index (χ1) is 10.1. The number of ether oxygens (including phenoxy) is 1. The maximum atomic E-state index is 12.0. The van der Waals surface area contributed by atoms with Crippen LogP contribution in [0.5, 0.6) is 5.75 Å². The zero-order valence-corrected chi connectivity index (χ0v) is 14.4. The molecule has 1 heterocycles. The minimum absolute atomic E-state index is 0. The number of carbonyl (C=O) groups is 1. The van der Waals surface area contributed by atoms with Gasteiger partial charge in [0.2, 0.25) is 5.91 Å². The van der Waals surface area contributed by atoms with Gasteiger partial charge < -0.3 is 15.4 Å². The Bertz CT molecular complexity index is 475. The van der Waals surface area contributed by atoms with Crippen LogP contribution in [0.25, 0.3) is 0 Å². The van der Waals surface area contributed by atoms with Gasteiger partial charge in [0, 0.05) is 5.92 Å². The van der Waals surface area contributed by atoms with E-state index in [0.29, 0.717) is 25.0 Å². The molecule has 2 N–H and O–H groups in total. The standard InChI is InChI=1S/C17H26N2O2.ClH/c1-12(2)15-6-4-5-7-16(15)21-9-8-19-17(20)13(3)14-10-18-11-14;/h4-7,12-14,18H,8-11H2,1-3H3,(H,19,20);1H. The molecule has 4 nitrogen and oxygen atoms in total. The first-order valence-electron chi connectivity index (χ1n) is 7.79. The zero-order valence-electron chi connectivity index (χ0n) is 13.6. The van der Waals surface area contributed by atoms with E-state index < -0.39 is 0 Å². The van der Waals surface area contributed by atoms with E-state index in [-0.39, 0.29) is 24.2 Å². The average molecular weight is 327 g/mol. The molecule has 1 fully saturated rings. The Labute approximate surface area is 139 Å². The summed E-state index contributed by atoms with van der Waals surface area (Å²) < 4.78 is 5.80. The minimum atomic E-state index is 0. The topological polar surface area (TPSA) is 50.4 Å². The van der Waals surface area contributed by atoms with Crippen molar-refractivity contribution < 1.29 is 9.53 Å². The molecule has 1 aromatic rings. The molecule has 1 amide bonds. The van der Waals surface area contributed by atoms with E-state index in [2.05, 4.69) is 30.5 Å². The third kappa shape index (κ3) is 4.89. The molecule has 1 aromatic carbocycles.